The lowest BCUT2D eigenvalue weighted by molar-refractivity contribution is -0.123. The van der Waals surface area contributed by atoms with Crippen LogP contribution in [0.5, 0.6) is 5.75 Å². The summed E-state index contributed by atoms with van der Waals surface area (Å²) in [7, 11) is 2.07. The van der Waals surface area contributed by atoms with Gasteiger partial charge < -0.3 is 19.9 Å². The molecular formula is C21H24IN3O3. The van der Waals surface area contributed by atoms with Crippen LogP contribution in [0.1, 0.15) is 15.9 Å². The lowest BCUT2D eigenvalue weighted by Gasteiger charge is -2.32. The molecule has 148 valence electrons. The van der Waals surface area contributed by atoms with Crippen molar-refractivity contribution in [2.75, 3.05) is 39.8 Å². The zero-order valence-electron chi connectivity index (χ0n) is 15.9. The van der Waals surface area contributed by atoms with Gasteiger partial charge in [-0.3, -0.25) is 9.59 Å². The van der Waals surface area contributed by atoms with E-state index in [4.69, 9.17) is 4.74 Å². The van der Waals surface area contributed by atoms with Crippen LogP contribution in [0.3, 0.4) is 0 Å². The fourth-order valence-corrected chi connectivity index (χ4v) is 3.25. The SMILES string of the molecule is CN1CCN(C(=O)c2ccc(CNC(=O)COc3ccc(I)cc3)cc2)CC1. The van der Waals surface area contributed by atoms with E-state index in [0.29, 0.717) is 17.9 Å². The van der Waals surface area contributed by atoms with Gasteiger partial charge in [0.05, 0.1) is 0 Å². The van der Waals surface area contributed by atoms with E-state index in [1.807, 2.05) is 53.4 Å². The molecule has 2 aromatic carbocycles. The van der Waals surface area contributed by atoms with Crippen LogP contribution in [0.4, 0.5) is 0 Å². The van der Waals surface area contributed by atoms with Gasteiger partial charge in [-0.15, -0.1) is 0 Å². The maximum Gasteiger partial charge on any atom is 0.258 e. The molecule has 1 aliphatic rings. The summed E-state index contributed by atoms with van der Waals surface area (Å²) in [6, 6.07) is 14.9. The highest BCUT2D eigenvalue weighted by Crippen LogP contribution is 2.13. The number of carbonyl (C=O) groups excluding carboxylic acids is 2. The maximum absolute atomic E-state index is 12.5. The Morgan fingerprint density at radius 2 is 1.64 bits per heavy atom. The monoisotopic (exact) mass is 493 g/mol. The van der Waals surface area contributed by atoms with Gasteiger partial charge in [-0.05, 0) is 71.6 Å². The van der Waals surface area contributed by atoms with Crippen LogP contribution < -0.4 is 10.1 Å². The quantitative estimate of drug-likeness (QED) is 0.628. The van der Waals surface area contributed by atoms with Crippen LogP contribution in [0.25, 0.3) is 0 Å². The number of nitrogens with one attached hydrogen (secondary N) is 1. The van der Waals surface area contributed by atoms with Gasteiger partial charge in [0.15, 0.2) is 6.61 Å². The van der Waals surface area contributed by atoms with Crippen molar-refractivity contribution in [1.82, 2.24) is 15.1 Å². The van der Waals surface area contributed by atoms with E-state index < -0.39 is 0 Å². The highest BCUT2D eigenvalue weighted by Gasteiger charge is 2.20. The fourth-order valence-electron chi connectivity index (χ4n) is 2.89. The van der Waals surface area contributed by atoms with Gasteiger partial charge in [0, 0.05) is 41.9 Å². The Bertz CT molecular complexity index is 801. The van der Waals surface area contributed by atoms with Gasteiger partial charge in [-0.2, -0.15) is 0 Å². The minimum Gasteiger partial charge on any atom is -0.484 e. The minimum atomic E-state index is -0.184. The molecule has 2 aromatic rings. The highest BCUT2D eigenvalue weighted by atomic mass is 127. The Balaban J connectivity index is 1.44. The van der Waals surface area contributed by atoms with Crippen LogP contribution in [0, 0.1) is 3.57 Å². The molecule has 1 saturated heterocycles. The third-order valence-electron chi connectivity index (χ3n) is 4.66. The fraction of sp³-hybridized carbons (Fsp3) is 0.333. The van der Waals surface area contributed by atoms with Crippen molar-refractivity contribution in [1.29, 1.82) is 0 Å². The summed E-state index contributed by atoms with van der Waals surface area (Å²) in [4.78, 5) is 28.6. The number of halogens is 1. The van der Waals surface area contributed by atoms with E-state index in [1.165, 1.54) is 0 Å². The molecule has 0 saturated carbocycles. The first-order chi connectivity index (χ1) is 13.5. The van der Waals surface area contributed by atoms with Crippen molar-refractivity contribution in [2.45, 2.75) is 6.54 Å². The summed E-state index contributed by atoms with van der Waals surface area (Å²) >= 11 is 2.22. The maximum atomic E-state index is 12.5. The van der Waals surface area contributed by atoms with Crippen LogP contribution in [0.15, 0.2) is 48.5 Å². The van der Waals surface area contributed by atoms with Gasteiger partial charge in [0.1, 0.15) is 5.75 Å². The summed E-state index contributed by atoms with van der Waals surface area (Å²) in [5.74, 6) is 0.549. The third-order valence-corrected chi connectivity index (χ3v) is 5.38. The first-order valence-corrected chi connectivity index (χ1v) is 10.3. The normalized spacial score (nSPS) is 14.6. The van der Waals surface area contributed by atoms with Gasteiger partial charge in [0.25, 0.3) is 11.8 Å². The third kappa shape index (κ3) is 5.93. The standard InChI is InChI=1S/C21H24IN3O3/c1-24-10-12-25(13-11-24)21(27)17-4-2-16(3-5-17)14-23-20(26)15-28-19-8-6-18(22)7-9-19/h2-9H,10-15H2,1H3,(H,23,26). The molecule has 2 amide bonds. The number of hydrogen-bond acceptors (Lipinski definition) is 4. The van der Waals surface area contributed by atoms with E-state index in [0.717, 1.165) is 35.3 Å². The summed E-state index contributed by atoms with van der Waals surface area (Å²) in [5, 5.41) is 2.83. The molecule has 7 heteroatoms. The van der Waals surface area contributed by atoms with Crippen LogP contribution in [0.2, 0.25) is 0 Å². The second-order valence-electron chi connectivity index (χ2n) is 6.81. The van der Waals surface area contributed by atoms with E-state index in [-0.39, 0.29) is 18.4 Å². The molecule has 0 atom stereocenters. The largest absolute Gasteiger partial charge is 0.484 e. The van der Waals surface area contributed by atoms with E-state index in [1.54, 1.807) is 0 Å². The summed E-state index contributed by atoms with van der Waals surface area (Å²) in [5.41, 5.74) is 1.62. The molecule has 1 aliphatic heterocycles. The lowest BCUT2D eigenvalue weighted by Crippen LogP contribution is -2.47. The van der Waals surface area contributed by atoms with Gasteiger partial charge in [-0.25, -0.2) is 0 Å². The molecule has 1 N–H and O–H groups in total. The van der Waals surface area contributed by atoms with Crippen molar-refractivity contribution >= 4 is 34.4 Å². The van der Waals surface area contributed by atoms with Crippen LogP contribution in [-0.4, -0.2) is 61.4 Å². The van der Waals surface area contributed by atoms with Crippen molar-refractivity contribution in [3.05, 3.63) is 63.2 Å². The molecule has 0 unspecified atom stereocenters. The average Bonchev–Trinajstić information content (AvgIpc) is 2.72. The molecule has 0 aliphatic carbocycles. The molecule has 3 rings (SSSR count). The molecular weight excluding hydrogens is 469 g/mol. The zero-order chi connectivity index (χ0) is 19.9. The van der Waals surface area contributed by atoms with Crippen molar-refractivity contribution in [2.24, 2.45) is 0 Å². The number of rotatable bonds is 6. The van der Waals surface area contributed by atoms with E-state index in [2.05, 4.69) is 39.9 Å². The van der Waals surface area contributed by atoms with Crippen LogP contribution >= 0.6 is 22.6 Å². The summed E-state index contributed by atoms with van der Waals surface area (Å²) < 4.78 is 6.58. The predicted octanol–water partition coefficient (Wildman–Crippen LogP) is 2.37. The Morgan fingerprint density at radius 1 is 1.00 bits per heavy atom. The number of nitrogens with zero attached hydrogens (tertiary/aromatic N) is 2. The molecule has 0 bridgehead atoms. The van der Waals surface area contributed by atoms with Crippen molar-refractivity contribution in [3.63, 3.8) is 0 Å². The number of benzene rings is 2. The van der Waals surface area contributed by atoms with Crippen molar-refractivity contribution in [3.8, 4) is 5.75 Å². The molecule has 0 radical (unpaired) electrons. The van der Waals surface area contributed by atoms with Gasteiger partial charge in [0.2, 0.25) is 0 Å². The number of amides is 2. The average molecular weight is 493 g/mol. The minimum absolute atomic E-state index is 0.0272. The molecule has 0 aromatic heterocycles. The summed E-state index contributed by atoms with van der Waals surface area (Å²) in [6.45, 7) is 3.69. The second kappa shape index (κ2) is 9.88. The number of ether oxygens (including phenoxy) is 1. The zero-order valence-corrected chi connectivity index (χ0v) is 18.0. The highest BCUT2D eigenvalue weighted by molar-refractivity contribution is 14.1. The van der Waals surface area contributed by atoms with Gasteiger partial charge in [-0.1, -0.05) is 12.1 Å². The Labute approximate surface area is 179 Å². The molecule has 28 heavy (non-hydrogen) atoms. The smallest absolute Gasteiger partial charge is 0.258 e. The van der Waals surface area contributed by atoms with E-state index in [9.17, 15) is 9.59 Å². The lowest BCUT2D eigenvalue weighted by atomic mass is 10.1. The van der Waals surface area contributed by atoms with Gasteiger partial charge >= 0.3 is 0 Å². The number of hydrogen-bond donors (Lipinski definition) is 1. The molecule has 1 fully saturated rings. The number of likely N-dealkylation sites (N-methyl/N-ethyl adjacent to an activating group) is 1. The van der Waals surface area contributed by atoms with Crippen LogP contribution in [-0.2, 0) is 11.3 Å². The Kier molecular flexibility index (Phi) is 7.27. The predicted molar refractivity (Wildman–Crippen MR) is 116 cm³/mol. The second-order valence-corrected chi connectivity index (χ2v) is 8.06. The number of carbonyl (C=O) groups is 2. The molecule has 1 heterocycles. The van der Waals surface area contributed by atoms with Crippen molar-refractivity contribution < 1.29 is 14.3 Å². The topological polar surface area (TPSA) is 61.9 Å². The Hall–Kier alpha value is -2.13. The first-order valence-electron chi connectivity index (χ1n) is 9.23. The summed E-state index contributed by atoms with van der Waals surface area (Å²) in [6.07, 6.45) is 0. The van der Waals surface area contributed by atoms with E-state index >= 15 is 0 Å². The Morgan fingerprint density at radius 3 is 2.29 bits per heavy atom. The first kappa shape index (κ1) is 20.6. The number of piperazine rings is 1. The molecule has 6 nitrogen and oxygen atoms in total. The molecule has 0 spiro atoms.